The van der Waals surface area contributed by atoms with Crippen molar-refractivity contribution in [2.24, 2.45) is 7.05 Å². The van der Waals surface area contributed by atoms with E-state index in [1.54, 1.807) is 0 Å². The number of fused-ring (bicyclic) bond motifs is 12. The van der Waals surface area contributed by atoms with Gasteiger partial charge in [0.2, 0.25) is 0 Å². The zero-order valence-corrected chi connectivity index (χ0v) is 38.5. The molecule has 0 spiro atoms. The highest BCUT2D eigenvalue weighted by Crippen LogP contribution is 2.40. The van der Waals surface area contributed by atoms with Crippen LogP contribution in [0.15, 0.2) is 213 Å². The maximum absolute atomic E-state index is 13.9. The first-order chi connectivity index (χ1) is 33.6. The quantitative estimate of drug-likeness (QED) is 0.127. The molecule has 13 rings (SSSR count). The van der Waals surface area contributed by atoms with Gasteiger partial charge in [0.05, 0.1) is 27.9 Å². The molecule has 4 heterocycles. The molecule has 0 aliphatic heterocycles. The van der Waals surface area contributed by atoms with Gasteiger partial charge in [-0.25, -0.2) is 9.59 Å². The predicted molar refractivity (Wildman–Crippen MR) is 285 cm³/mol. The lowest BCUT2D eigenvalue weighted by atomic mass is 9.85. The molecule has 69 heavy (non-hydrogen) atoms. The average molecular weight is 893 g/mol. The highest BCUT2D eigenvalue weighted by atomic mass is 16.4. The fraction of sp³-hybridized carbons (Fsp3) is 0.0794. The van der Waals surface area contributed by atoms with E-state index in [-0.39, 0.29) is 16.7 Å². The van der Waals surface area contributed by atoms with Crippen molar-refractivity contribution >= 4 is 76.1 Å². The van der Waals surface area contributed by atoms with E-state index in [1.165, 1.54) is 5.56 Å². The molecule has 330 valence electrons. The minimum absolute atomic E-state index is 0.0234. The van der Waals surface area contributed by atoms with Gasteiger partial charge in [-0.15, -0.1) is 0 Å². The summed E-state index contributed by atoms with van der Waals surface area (Å²) >= 11 is 0. The Balaban J connectivity index is 0.892. The third-order valence-electron chi connectivity index (χ3n) is 14.2. The van der Waals surface area contributed by atoms with Crippen LogP contribution in [-0.4, -0.2) is 9.13 Å². The van der Waals surface area contributed by atoms with Gasteiger partial charge in [-0.2, -0.15) is 0 Å². The summed E-state index contributed by atoms with van der Waals surface area (Å²) in [5.41, 5.74) is 11.6. The van der Waals surface area contributed by atoms with Crippen LogP contribution in [0.1, 0.15) is 26.3 Å². The molecule has 0 saturated carbocycles. The number of nitrogens with zero attached hydrogens (tertiary/aromatic N) is 2. The second kappa shape index (κ2) is 15.1. The van der Waals surface area contributed by atoms with Crippen LogP contribution in [0.4, 0.5) is 0 Å². The molecule has 4 aromatic heterocycles. The van der Waals surface area contributed by atoms with Gasteiger partial charge >= 0.3 is 11.3 Å². The molecule has 6 heteroatoms. The van der Waals surface area contributed by atoms with Crippen LogP contribution in [-0.2, 0) is 12.5 Å². The fourth-order valence-electron chi connectivity index (χ4n) is 10.6. The molecule has 6 nitrogen and oxygen atoms in total. The van der Waals surface area contributed by atoms with E-state index in [0.29, 0.717) is 22.3 Å². The molecule has 0 fully saturated rings. The zero-order valence-electron chi connectivity index (χ0n) is 38.5. The fourth-order valence-corrected chi connectivity index (χ4v) is 10.6. The second-order valence-corrected chi connectivity index (χ2v) is 19.3. The summed E-state index contributed by atoms with van der Waals surface area (Å²) in [4.78, 5) is 27.4. The van der Waals surface area contributed by atoms with Crippen LogP contribution < -0.4 is 11.3 Å². The Morgan fingerprint density at radius 1 is 0.406 bits per heavy atom. The summed E-state index contributed by atoms with van der Waals surface area (Å²) in [5.74, 6) is 0. The van der Waals surface area contributed by atoms with Crippen LogP contribution in [0.2, 0.25) is 0 Å². The average Bonchev–Trinajstić information content (AvgIpc) is 3.92. The Morgan fingerprint density at radius 2 is 0.971 bits per heavy atom. The maximum atomic E-state index is 13.9. The molecule has 0 aliphatic carbocycles. The van der Waals surface area contributed by atoms with Crippen molar-refractivity contribution in [3.8, 4) is 50.5 Å². The van der Waals surface area contributed by atoms with Gasteiger partial charge in [0.1, 0.15) is 11.2 Å². The first kappa shape index (κ1) is 40.5. The van der Waals surface area contributed by atoms with E-state index < -0.39 is 0 Å². The van der Waals surface area contributed by atoms with E-state index in [9.17, 15) is 9.59 Å². The number of aromatic nitrogens is 2. The summed E-state index contributed by atoms with van der Waals surface area (Å²) in [5, 5.41) is 10.4. The number of hydrogen-bond donors (Lipinski definition) is 0. The molecule has 0 unspecified atom stereocenters. The number of rotatable bonds is 5. The SMILES string of the molecule is Cn1c(-c2ccc3c4ccc(-c5ccc(-c6cc7c(ccc8cc(C(C)(C)C)ccc87)oc6=O)cc5)cc4n(-c4ccccc4)c3c2)ccc1-c1cc2c3ccccc3c3ccccc3c2oc1=O. The van der Waals surface area contributed by atoms with Crippen LogP contribution >= 0.6 is 0 Å². The number of benzene rings is 9. The molecule has 0 saturated heterocycles. The monoisotopic (exact) mass is 892 g/mol. The van der Waals surface area contributed by atoms with Crippen LogP contribution in [0.3, 0.4) is 0 Å². The van der Waals surface area contributed by atoms with Crippen molar-refractivity contribution in [1.82, 2.24) is 9.13 Å². The largest absolute Gasteiger partial charge is 0.422 e. The lowest BCUT2D eigenvalue weighted by molar-refractivity contribution is 0.564. The predicted octanol–water partition coefficient (Wildman–Crippen LogP) is 15.8. The Kier molecular flexibility index (Phi) is 8.89. The van der Waals surface area contributed by atoms with E-state index in [1.807, 2.05) is 79.8 Å². The first-order valence-electron chi connectivity index (χ1n) is 23.4. The summed E-state index contributed by atoms with van der Waals surface area (Å²) in [6.07, 6.45) is 0. The molecular weight excluding hydrogens is 849 g/mol. The molecule has 0 bridgehead atoms. The third-order valence-corrected chi connectivity index (χ3v) is 14.2. The van der Waals surface area contributed by atoms with Gasteiger partial charge in [0.15, 0.2) is 0 Å². The standard InChI is InChI=1S/C63H44N2O4/c1-63(2,3)42-25-28-44-40(32-42)24-31-59-52(44)35-51(61(66)68-59)38-20-18-37(19-21-38)39-22-26-48-49-27-23-41(34-58(49)65(57(48)33-39)43-12-6-5-7-13-43)55-29-30-56(64(55)4)54-36-53-47-16-9-8-14-45(47)46-15-10-11-17-50(46)60(53)69-62(54)67/h5-36H,1-4H3. The Hall–Kier alpha value is -8.74. The lowest BCUT2D eigenvalue weighted by Gasteiger charge is -2.19. The molecule has 0 atom stereocenters. The van der Waals surface area contributed by atoms with Crippen molar-refractivity contribution in [2.75, 3.05) is 0 Å². The van der Waals surface area contributed by atoms with Crippen molar-refractivity contribution in [3.05, 3.63) is 221 Å². The molecule has 0 aliphatic rings. The van der Waals surface area contributed by atoms with Gasteiger partial charge in [0.25, 0.3) is 0 Å². The zero-order chi connectivity index (χ0) is 46.7. The lowest BCUT2D eigenvalue weighted by Crippen LogP contribution is -2.10. The molecular formula is C63H44N2O4. The van der Waals surface area contributed by atoms with Gasteiger partial charge in [-0.3, -0.25) is 0 Å². The van der Waals surface area contributed by atoms with Crippen molar-refractivity contribution in [1.29, 1.82) is 0 Å². The van der Waals surface area contributed by atoms with Gasteiger partial charge < -0.3 is 18.0 Å². The number of para-hydroxylation sites is 1. The normalized spacial score (nSPS) is 12.2. The minimum Gasteiger partial charge on any atom is -0.422 e. The maximum Gasteiger partial charge on any atom is 0.345 e. The molecule has 0 radical (unpaired) electrons. The van der Waals surface area contributed by atoms with Crippen molar-refractivity contribution < 1.29 is 8.83 Å². The second-order valence-electron chi connectivity index (χ2n) is 19.3. The minimum atomic E-state index is -0.372. The van der Waals surface area contributed by atoms with E-state index in [0.717, 1.165) is 104 Å². The molecule has 0 amide bonds. The highest BCUT2D eigenvalue weighted by Gasteiger charge is 2.21. The van der Waals surface area contributed by atoms with Gasteiger partial charge in [-0.05, 0) is 109 Å². The van der Waals surface area contributed by atoms with Crippen LogP contribution in [0, 0.1) is 0 Å². The van der Waals surface area contributed by atoms with E-state index >= 15 is 0 Å². The number of hydrogen-bond acceptors (Lipinski definition) is 4. The Bertz CT molecular complexity index is 4390. The Morgan fingerprint density at radius 3 is 1.70 bits per heavy atom. The molecule has 9 aromatic carbocycles. The summed E-state index contributed by atoms with van der Waals surface area (Å²) in [7, 11) is 2.01. The van der Waals surface area contributed by atoms with Gasteiger partial charge in [0, 0.05) is 50.9 Å². The van der Waals surface area contributed by atoms with Crippen LogP contribution in [0.25, 0.3) is 127 Å². The summed E-state index contributed by atoms with van der Waals surface area (Å²) < 4.78 is 16.6. The molecule has 0 N–H and O–H groups in total. The Labute approximate surface area is 396 Å². The highest BCUT2D eigenvalue weighted by molar-refractivity contribution is 6.24. The third kappa shape index (κ3) is 6.40. The van der Waals surface area contributed by atoms with Crippen molar-refractivity contribution in [3.63, 3.8) is 0 Å². The van der Waals surface area contributed by atoms with Crippen LogP contribution in [0.5, 0.6) is 0 Å². The van der Waals surface area contributed by atoms with E-state index in [4.69, 9.17) is 8.83 Å². The summed E-state index contributed by atoms with van der Waals surface area (Å²) in [6, 6.07) is 66.9. The molecule has 13 aromatic rings. The van der Waals surface area contributed by atoms with Gasteiger partial charge in [-0.1, -0.05) is 160 Å². The topological polar surface area (TPSA) is 70.3 Å². The van der Waals surface area contributed by atoms with Crippen molar-refractivity contribution in [2.45, 2.75) is 26.2 Å². The summed E-state index contributed by atoms with van der Waals surface area (Å²) in [6.45, 7) is 6.65. The smallest absolute Gasteiger partial charge is 0.345 e. The van der Waals surface area contributed by atoms with E-state index in [2.05, 4.69) is 151 Å². The first-order valence-corrected chi connectivity index (χ1v) is 23.4.